The maximum Gasteiger partial charge on any atom is 0.122 e. The van der Waals surface area contributed by atoms with Gasteiger partial charge in [-0.05, 0) is 42.2 Å². The van der Waals surface area contributed by atoms with Gasteiger partial charge in [0, 0.05) is 37.8 Å². The van der Waals surface area contributed by atoms with Gasteiger partial charge in [-0.3, -0.25) is 0 Å². The van der Waals surface area contributed by atoms with Crippen LogP contribution in [0.1, 0.15) is 11.1 Å². The van der Waals surface area contributed by atoms with Crippen LogP contribution in [0.3, 0.4) is 0 Å². The Morgan fingerprint density at radius 3 is 2.61 bits per heavy atom. The molecule has 0 radical (unpaired) electrons. The first-order valence-corrected chi connectivity index (χ1v) is 8.64. The fourth-order valence-corrected chi connectivity index (χ4v) is 3.62. The molecular weight excluding hydrogens is 284 g/mol. The van der Waals surface area contributed by atoms with E-state index in [4.69, 9.17) is 4.74 Å². The van der Waals surface area contributed by atoms with Gasteiger partial charge in [0.05, 0.1) is 6.61 Å². The number of anilines is 1. The lowest BCUT2D eigenvalue weighted by atomic mass is 9.91. The van der Waals surface area contributed by atoms with Crippen molar-refractivity contribution < 1.29 is 4.74 Å². The van der Waals surface area contributed by atoms with Gasteiger partial charge in [0.25, 0.3) is 0 Å². The van der Waals surface area contributed by atoms with Gasteiger partial charge >= 0.3 is 0 Å². The molecule has 0 aromatic heterocycles. The third kappa shape index (κ3) is 3.35. The Balaban J connectivity index is 1.40. The highest BCUT2D eigenvalue weighted by molar-refractivity contribution is 5.48. The van der Waals surface area contributed by atoms with Gasteiger partial charge in [-0.2, -0.15) is 0 Å². The lowest BCUT2D eigenvalue weighted by molar-refractivity contribution is 0.221. The molecule has 2 aromatic rings. The Morgan fingerprint density at radius 2 is 1.78 bits per heavy atom. The Hall–Kier alpha value is -2.00. The van der Waals surface area contributed by atoms with Gasteiger partial charge < -0.3 is 15.0 Å². The van der Waals surface area contributed by atoms with Crippen LogP contribution in [-0.2, 0) is 12.8 Å². The number of fused-ring (bicyclic) bond motifs is 1. The number of hydrogen-bond acceptors (Lipinski definition) is 3. The molecule has 1 unspecified atom stereocenters. The molecule has 2 aliphatic rings. The van der Waals surface area contributed by atoms with E-state index < -0.39 is 0 Å². The number of piperazine rings is 1. The molecule has 1 atom stereocenters. The van der Waals surface area contributed by atoms with Crippen molar-refractivity contribution >= 4 is 5.69 Å². The molecule has 3 nitrogen and oxygen atoms in total. The first kappa shape index (κ1) is 14.6. The van der Waals surface area contributed by atoms with Gasteiger partial charge in [-0.15, -0.1) is 0 Å². The topological polar surface area (TPSA) is 24.5 Å². The second-order valence-electron chi connectivity index (χ2n) is 6.60. The molecular formula is C20H24N2O. The number of para-hydroxylation sites is 1. The standard InChI is InChI=1S/C20H24N2O/c1-2-4-20-18(3-1)14-17(15-23-20)13-16-5-7-19(8-6-16)22-11-9-21-10-12-22/h1-8,17,21H,9-15H2. The quantitative estimate of drug-likeness (QED) is 0.943. The minimum Gasteiger partial charge on any atom is -0.493 e. The first-order valence-electron chi connectivity index (χ1n) is 8.64. The molecule has 3 heteroatoms. The third-order valence-corrected chi connectivity index (χ3v) is 4.90. The number of nitrogens with zero attached hydrogens (tertiary/aromatic N) is 1. The van der Waals surface area contributed by atoms with Crippen molar-refractivity contribution in [3.8, 4) is 5.75 Å². The molecule has 120 valence electrons. The Labute approximate surface area is 138 Å². The Kier molecular flexibility index (Phi) is 4.20. The van der Waals surface area contributed by atoms with Crippen LogP contribution in [0.4, 0.5) is 5.69 Å². The van der Waals surface area contributed by atoms with Crippen LogP contribution < -0.4 is 15.0 Å². The molecule has 0 aliphatic carbocycles. The Morgan fingerprint density at radius 1 is 1.00 bits per heavy atom. The normalized spacial score (nSPS) is 20.7. The van der Waals surface area contributed by atoms with Gasteiger partial charge in [0.1, 0.15) is 5.75 Å². The molecule has 23 heavy (non-hydrogen) atoms. The number of ether oxygens (including phenoxy) is 1. The van der Waals surface area contributed by atoms with Crippen LogP contribution in [-0.4, -0.2) is 32.8 Å². The van der Waals surface area contributed by atoms with Crippen LogP contribution in [0.15, 0.2) is 48.5 Å². The lowest BCUT2D eigenvalue weighted by Crippen LogP contribution is -2.43. The van der Waals surface area contributed by atoms with Crippen LogP contribution >= 0.6 is 0 Å². The van der Waals surface area contributed by atoms with E-state index in [-0.39, 0.29) is 0 Å². The summed E-state index contributed by atoms with van der Waals surface area (Å²) in [6.45, 7) is 5.21. The molecule has 2 aliphatic heterocycles. The van der Waals surface area contributed by atoms with E-state index >= 15 is 0 Å². The number of rotatable bonds is 3. The van der Waals surface area contributed by atoms with Crippen LogP contribution in [0.25, 0.3) is 0 Å². The van der Waals surface area contributed by atoms with Crippen molar-refractivity contribution in [1.82, 2.24) is 5.32 Å². The summed E-state index contributed by atoms with van der Waals surface area (Å²) in [4.78, 5) is 2.46. The molecule has 4 rings (SSSR count). The van der Waals surface area contributed by atoms with Crippen LogP contribution in [0.5, 0.6) is 5.75 Å². The van der Waals surface area contributed by atoms with Gasteiger partial charge in [0.15, 0.2) is 0 Å². The fourth-order valence-electron chi connectivity index (χ4n) is 3.62. The summed E-state index contributed by atoms with van der Waals surface area (Å²) in [6, 6.07) is 17.6. The van der Waals surface area contributed by atoms with E-state index in [2.05, 4.69) is 52.7 Å². The van der Waals surface area contributed by atoms with Crippen molar-refractivity contribution in [1.29, 1.82) is 0 Å². The van der Waals surface area contributed by atoms with Crippen molar-refractivity contribution in [3.05, 3.63) is 59.7 Å². The van der Waals surface area contributed by atoms with Gasteiger partial charge in [0.2, 0.25) is 0 Å². The molecule has 0 bridgehead atoms. The second-order valence-corrected chi connectivity index (χ2v) is 6.60. The van der Waals surface area contributed by atoms with E-state index in [0.29, 0.717) is 5.92 Å². The minimum absolute atomic E-state index is 0.579. The van der Waals surface area contributed by atoms with Gasteiger partial charge in [-0.1, -0.05) is 30.3 Å². The zero-order valence-electron chi connectivity index (χ0n) is 13.5. The summed E-state index contributed by atoms with van der Waals surface area (Å²) in [5, 5.41) is 3.40. The van der Waals surface area contributed by atoms with Crippen LogP contribution in [0.2, 0.25) is 0 Å². The molecule has 0 saturated carbocycles. The predicted molar refractivity (Wildman–Crippen MR) is 94.4 cm³/mol. The number of nitrogens with one attached hydrogen (secondary N) is 1. The maximum atomic E-state index is 5.91. The van der Waals surface area contributed by atoms with Crippen molar-refractivity contribution in [3.63, 3.8) is 0 Å². The molecule has 1 N–H and O–H groups in total. The second kappa shape index (κ2) is 6.63. The molecule has 2 aromatic carbocycles. The smallest absolute Gasteiger partial charge is 0.122 e. The molecule has 1 fully saturated rings. The summed E-state index contributed by atoms with van der Waals surface area (Å²) in [5.74, 6) is 1.65. The average molecular weight is 308 g/mol. The minimum atomic E-state index is 0.579. The van der Waals surface area contributed by atoms with E-state index in [1.165, 1.54) is 16.8 Å². The SMILES string of the molecule is c1ccc2c(c1)CC(Cc1ccc(N3CCNCC3)cc1)CO2. The molecule has 0 amide bonds. The summed E-state index contributed by atoms with van der Waals surface area (Å²) < 4.78 is 5.91. The third-order valence-electron chi connectivity index (χ3n) is 4.90. The highest BCUT2D eigenvalue weighted by Crippen LogP contribution is 2.28. The van der Waals surface area contributed by atoms with Gasteiger partial charge in [-0.25, -0.2) is 0 Å². The molecule has 2 heterocycles. The summed E-state index contributed by atoms with van der Waals surface area (Å²) in [7, 11) is 0. The number of hydrogen-bond donors (Lipinski definition) is 1. The summed E-state index contributed by atoms with van der Waals surface area (Å²) >= 11 is 0. The number of benzene rings is 2. The molecule has 0 spiro atoms. The monoisotopic (exact) mass is 308 g/mol. The zero-order valence-corrected chi connectivity index (χ0v) is 13.5. The van der Waals surface area contributed by atoms with Crippen molar-refractivity contribution in [2.75, 3.05) is 37.7 Å². The van der Waals surface area contributed by atoms with Crippen molar-refractivity contribution in [2.24, 2.45) is 5.92 Å². The van der Waals surface area contributed by atoms with Crippen molar-refractivity contribution in [2.45, 2.75) is 12.8 Å². The van der Waals surface area contributed by atoms with Crippen LogP contribution in [0, 0.1) is 5.92 Å². The first-order chi connectivity index (χ1) is 11.4. The highest BCUT2D eigenvalue weighted by Gasteiger charge is 2.20. The molecule has 1 saturated heterocycles. The van der Waals surface area contributed by atoms with E-state index in [1.54, 1.807) is 0 Å². The fraction of sp³-hybridized carbons (Fsp3) is 0.400. The summed E-state index contributed by atoms with van der Waals surface area (Å²) in [6.07, 6.45) is 2.21. The van der Waals surface area contributed by atoms with E-state index in [0.717, 1.165) is 51.4 Å². The Bertz CT molecular complexity index is 647. The zero-order chi connectivity index (χ0) is 15.5. The van der Waals surface area contributed by atoms with E-state index in [1.807, 2.05) is 6.07 Å². The predicted octanol–water partition coefficient (Wildman–Crippen LogP) is 2.89. The van der Waals surface area contributed by atoms with E-state index in [9.17, 15) is 0 Å². The maximum absolute atomic E-state index is 5.91. The summed E-state index contributed by atoms with van der Waals surface area (Å²) in [5.41, 5.74) is 4.11. The largest absolute Gasteiger partial charge is 0.493 e. The average Bonchev–Trinajstić information content (AvgIpc) is 2.63. The lowest BCUT2D eigenvalue weighted by Gasteiger charge is -2.29. The highest BCUT2D eigenvalue weighted by atomic mass is 16.5.